The standard InChI is InChI=1S/C19H23Cl2N5O/c1-26(2)17-7-8-22-19(25-17)24-16-5-3-15(4-6-16)23-18(27)12-9-13(20)11-14(21)10-12/h7-11,15-16H,3-6H2,1-2H3,(H,23,27)(H,22,24,25)/t15-,16+. The Balaban J connectivity index is 1.51. The summed E-state index contributed by atoms with van der Waals surface area (Å²) in [6.07, 6.45) is 5.43. The van der Waals surface area contributed by atoms with E-state index in [2.05, 4.69) is 20.6 Å². The van der Waals surface area contributed by atoms with E-state index in [4.69, 9.17) is 23.2 Å². The molecule has 1 heterocycles. The second-order valence-corrected chi connectivity index (χ2v) is 7.83. The third-order valence-electron chi connectivity index (χ3n) is 4.62. The van der Waals surface area contributed by atoms with Crippen molar-refractivity contribution in [1.82, 2.24) is 15.3 Å². The summed E-state index contributed by atoms with van der Waals surface area (Å²) in [5, 5.41) is 7.39. The Labute approximate surface area is 169 Å². The molecule has 1 amide bonds. The summed E-state index contributed by atoms with van der Waals surface area (Å²) in [5.41, 5.74) is 0.488. The zero-order valence-electron chi connectivity index (χ0n) is 15.4. The first kappa shape index (κ1) is 19.7. The van der Waals surface area contributed by atoms with Gasteiger partial charge in [0.2, 0.25) is 5.95 Å². The Bertz CT molecular complexity index is 786. The topological polar surface area (TPSA) is 70.2 Å². The van der Waals surface area contributed by atoms with Gasteiger partial charge >= 0.3 is 0 Å². The summed E-state index contributed by atoms with van der Waals surface area (Å²) in [6, 6.07) is 7.19. The third-order valence-corrected chi connectivity index (χ3v) is 5.06. The van der Waals surface area contributed by atoms with E-state index in [0.29, 0.717) is 27.6 Å². The van der Waals surface area contributed by atoms with Gasteiger partial charge in [-0.05, 0) is 49.9 Å². The molecule has 1 saturated carbocycles. The van der Waals surface area contributed by atoms with E-state index in [1.165, 1.54) is 0 Å². The second kappa shape index (κ2) is 8.76. The number of nitrogens with one attached hydrogen (secondary N) is 2. The molecule has 0 atom stereocenters. The van der Waals surface area contributed by atoms with Crippen molar-refractivity contribution < 1.29 is 4.79 Å². The van der Waals surface area contributed by atoms with E-state index in [1.54, 1.807) is 24.4 Å². The van der Waals surface area contributed by atoms with Crippen LogP contribution in [0.1, 0.15) is 36.0 Å². The minimum atomic E-state index is -0.141. The molecule has 27 heavy (non-hydrogen) atoms. The quantitative estimate of drug-likeness (QED) is 0.783. The minimum absolute atomic E-state index is 0.141. The maximum Gasteiger partial charge on any atom is 0.251 e. The van der Waals surface area contributed by atoms with Gasteiger partial charge in [0.15, 0.2) is 0 Å². The Hall–Kier alpha value is -2.05. The molecule has 144 valence electrons. The van der Waals surface area contributed by atoms with E-state index >= 15 is 0 Å². The van der Waals surface area contributed by atoms with Crippen LogP contribution in [-0.2, 0) is 0 Å². The fourth-order valence-corrected chi connectivity index (χ4v) is 3.71. The second-order valence-electron chi connectivity index (χ2n) is 6.96. The number of amides is 1. The molecule has 1 aromatic carbocycles. The zero-order valence-corrected chi connectivity index (χ0v) is 16.9. The summed E-state index contributed by atoms with van der Waals surface area (Å²) in [7, 11) is 3.90. The third kappa shape index (κ3) is 5.47. The molecule has 0 saturated heterocycles. The largest absolute Gasteiger partial charge is 0.363 e. The van der Waals surface area contributed by atoms with Crippen LogP contribution in [0.15, 0.2) is 30.5 Å². The zero-order chi connectivity index (χ0) is 19.4. The summed E-state index contributed by atoms with van der Waals surface area (Å²) < 4.78 is 0. The van der Waals surface area contributed by atoms with Crippen molar-refractivity contribution >= 4 is 40.9 Å². The molecule has 0 unspecified atom stereocenters. The predicted molar refractivity (Wildman–Crippen MR) is 110 cm³/mol. The summed E-state index contributed by atoms with van der Waals surface area (Å²) in [4.78, 5) is 23.2. The lowest BCUT2D eigenvalue weighted by Gasteiger charge is -2.29. The van der Waals surface area contributed by atoms with Gasteiger partial charge in [-0.2, -0.15) is 4.98 Å². The van der Waals surface area contributed by atoms with Crippen LogP contribution in [0.5, 0.6) is 0 Å². The molecule has 0 aliphatic heterocycles. The first-order valence-corrected chi connectivity index (χ1v) is 9.70. The van der Waals surface area contributed by atoms with Crippen LogP contribution in [0.3, 0.4) is 0 Å². The highest BCUT2D eigenvalue weighted by molar-refractivity contribution is 6.35. The fraction of sp³-hybridized carbons (Fsp3) is 0.421. The Morgan fingerprint density at radius 1 is 1.07 bits per heavy atom. The van der Waals surface area contributed by atoms with Gasteiger partial charge in [0.1, 0.15) is 5.82 Å². The number of nitrogens with zero attached hydrogens (tertiary/aromatic N) is 3. The van der Waals surface area contributed by atoms with Crippen LogP contribution in [0.4, 0.5) is 11.8 Å². The lowest BCUT2D eigenvalue weighted by molar-refractivity contribution is 0.0926. The molecule has 0 bridgehead atoms. The number of halogens is 2. The minimum Gasteiger partial charge on any atom is -0.363 e. The van der Waals surface area contributed by atoms with Crippen LogP contribution in [-0.4, -0.2) is 42.1 Å². The smallest absolute Gasteiger partial charge is 0.251 e. The van der Waals surface area contributed by atoms with E-state index in [0.717, 1.165) is 31.5 Å². The Morgan fingerprint density at radius 2 is 1.70 bits per heavy atom. The van der Waals surface area contributed by atoms with Gasteiger partial charge in [-0.25, -0.2) is 4.98 Å². The Morgan fingerprint density at radius 3 is 2.33 bits per heavy atom. The molecule has 1 aliphatic rings. The van der Waals surface area contributed by atoms with Crippen LogP contribution < -0.4 is 15.5 Å². The van der Waals surface area contributed by atoms with Crippen molar-refractivity contribution in [2.24, 2.45) is 0 Å². The van der Waals surface area contributed by atoms with Crippen molar-refractivity contribution in [3.8, 4) is 0 Å². The molecule has 1 aromatic heterocycles. The molecule has 2 N–H and O–H groups in total. The molecule has 1 fully saturated rings. The highest BCUT2D eigenvalue weighted by atomic mass is 35.5. The van der Waals surface area contributed by atoms with Crippen LogP contribution in [0, 0.1) is 0 Å². The van der Waals surface area contributed by atoms with Crippen molar-refractivity contribution in [2.45, 2.75) is 37.8 Å². The van der Waals surface area contributed by atoms with Gasteiger partial charge in [-0.3, -0.25) is 4.79 Å². The summed E-state index contributed by atoms with van der Waals surface area (Å²) in [6.45, 7) is 0. The maximum atomic E-state index is 12.4. The molecule has 2 aromatic rings. The molecule has 8 heteroatoms. The van der Waals surface area contributed by atoms with E-state index < -0.39 is 0 Å². The first-order valence-electron chi connectivity index (χ1n) is 8.94. The van der Waals surface area contributed by atoms with Gasteiger partial charge in [0.05, 0.1) is 0 Å². The van der Waals surface area contributed by atoms with Gasteiger partial charge < -0.3 is 15.5 Å². The molecular formula is C19H23Cl2N5O. The lowest BCUT2D eigenvalue weighted by atomic mass is 9.91. The van der Waals surface area contributed by atoms with E-state index in [1.807, 2.05) is 25.1 Å². The van der Waals surface area contributed by atoms with E-state index in [9.17, 15) is 4.79 Å². The molecule has 6 nitrogen and oxygen atoms in total. The lowest BCUT2D eigenvalue weighted by Crippen LogP contribution is -2.40. The number of carbonyl (C=O) groups is 1. The van der Waals surface area contributed by atoms with Crippen LogP contribution in [0.25, 0.3) is 0 Å². The predicted octanol–water partition coefficient (Wildman–Crippen LogP) is 4.00. The number of benzene rings is 1. The molecule has 1 aliphatic carbocycles. The number of hydrogen-bond acceptors (Lipinski definition) is 5. The fourth-order valence-electron chi connectivity index (χ4n) is 3.19. The first-order chi connectivity index (χ1) is 12.9. The van der Waals surface area contributed by atoms with Crippen molar-refractivity contribution in [3.63, 3.8) is 0 Å². The number of hydrogen-bond donors (Lipinski definition) is 2. The number of aromatic nitrogens is 2. The van der Waals surface area contributed by atoms with Crippen molar-refractivity contribution in [3.05, 3.63) is 46.1 Å². The normalized spacial score (nSPS) is 19.4. The summed E-state index contributed by atoms with van der Waals surface area (Å²) in [5.74, 6) is 1.37. The van der Waals surface area contributed by atoms with Gasteiger partial charge in [-0.15, -0.1) is 0 Å². The monoisotopic (exact) mass is 407 g/mol. The van der Waals surface area contributed by atoms with E-state index in [-0.39, 0.29) is 11.9 Å². The highest BCUT2D eigenvalue weighted by Gasteiger charge is 2.23. The number of anilines is 2. The Kier molecular flexibility index (Phi) is 6.39. The van der Waals surface area contributed by atoms with Crippen LogP contribution >= 0.6 is 23.2 Å². The van der Waals surface area contributed by atoms with Gasteiger partial charge in [0, 0.05) is 48.0 Å². The average Bonchev–Trinajstić information content (AvgIpc) is 2.63. The number of rotatable bonds is 5. The average molecular weight is 408 g/mol. The highest BCUT2D eigenvalue weighted by Crippen LogP contribution is 2.23. The SMILES string of the molecule is CN(C)c1ccnc(N[C@H]2CC[C@@H](NC(=O)c3cc(Cl)cc(Cl)c3)CC2)n1. The molecule has 3 rings (SSSR count). The summed E-state index contributed by atoms with van der Waals surface area (Å²) >= 11 is 12.0. The van der Waals surface area contributed by atoms with Gasteiger partial charge in [0.25, 0.3) is 5.91 Å². The van der Waals surface area contributed by atoms with Crippen LogP contribution in [0.2, 0.25) is 10.0 Å². The number of carbonyl (C=O) groups excluding carboxylic acids is 1. The van der Waals surface area contributed by atoms with Crippen molar-refractivity contribution in [2.75, 3.05) is 24.3 Å². The molecule has 0 spiro atoms. The molecule has 0 radical (unpaired) electrons. The van der Waals surface area contributed by atoms with Gasteiger partial charge in [-0.1, -0.05) is 23.2 Å². The van der Waals surface area contributed by atoms with Crippen molar-refractivity contribution in [1.29, 1.82) is 0 Å². The maximum absolute atomic E-state index is 12.4. The molecular weight excluding hydrogens is 385 g/mol.